The van der Waals surface area contributed by atoms with E-state index in [0.29, 0.717) is 0 Å². The van der Waals surface area contributed by atoms with Crippen LogP contribution in [0.5, 0.6) is 5.75 Å². The normalized spacial score (nSPS) is 20.2. The highest BCUT2D eigenvalue weighted by molar-refractivity contribution is 5.88. The van der Waals surface area contributed by atoms with Crippen molar-refractivity contribution in [2.75, 3.05) is 6.61 Å². The van der Waals surface area contributed by atoms with Gasteiger partial charge in [-0.25, -0.2) is 4.79 Å². The first-order valence-corrected chi connectivity index (χ1v) is 7.13. The van der Waals surface area contributed by atoms with Crippen molar-refractivity contribution in [1.29, 1.82) is 0 Å². The number of carboxylic acids is 1. The van der Waals surface area contributed by atoms with Crippen LogP contribution in [0.25, 0.3) is 0 Å². The SMILES string of the molecule is O=C(O)c1ccc2c(c1)C(O)(c1ccccc1C(F)(F)F)CCO2. The first-order valence-electron chi connectivity index (χ1n) is 7.13. The van der Waals surface area contributed by atoms with Gasteiger partial charge >= 0.3 is 12.1 Å². The Hall–Kier alpha value is -2.54. The summed E-state index contributed by atoms with van der Waals surface area (Å²) in [5, 5.41) is 20.2. The molecule has 24 heavy (non-hydrogen) atoms. The molecule has 2 aromatic rings. The van der Waals surface area contributed by atoms with Crippen LogP contribution in [-0.2, 0) is 11.8 Å². The number of hydrogen-bond donors (Lipinski definition) is 2. The predicted octanol–water partition coefficient (Wildman–Crippen LogP) is 3.42. The summed E-state index contributed by atoms with van der Waals surface area (Å²) in [5.74, 6) is -1.07. The molecule has 1 aliphatic rings. The van der Waals surface area contributed by atoms with Crippen molar-refractivity contribution in [3.8, 4) is 5.75 Å². The Morgan fingerprint density at radius 2 is 1.83 bits per heavy atom. The van der Waals surface area contributed by atoms with Gasteiger partial charge in [0.25, 0.3) is 0 Å². The van der Waals surface area contributed by atoms with Crippen LogP contribution >= 0.6 is 0 Å². The minimum Gasteiger partial charge on any atom is -0.493 e. The Morgan fingerprint density at radius 1 is 1.12 bits per heavy atom. The molecule has 7 heteroatoms. The van der Waals surface area contributed by atoms with Gasteiger partial charge in [-0.1, -0.05) is 18.2 Å². The Balaban J connectivity index is 2.24. The fourth-order valence-corrected chi connectivity index (χ4v) is 2.93. The molecule has 0 aromatic heterocycles. The molecule has 2 aromatic carbocycles. The highest BCUT2D eigenvalue weighted by atomic mass is 19.4. The second-order valence-electron chi connectivity index (χ2n) is 5.52. The second-order valence-corrected chi connectivity index (χ2v) is 5.52. The number of aromatic carboxylic acids is 1. The molecule has 3 rings (SSSR count). The molecule has 0 radical (unpaired) electrons. The van der Waals surface area contributed by atoms with Crippen molar-refractivity contribution in [1.82, 2.24) is 0 Å². The molecular weight excluding hydrogens is 325 g/mol. The average molecular weight is 338 g/mol. The van der Waals surface area contributed by atoms with Crippen LogP contribution < -0.4 is 4.74 Å². The number of fused-ring (bicyclic) bond motifs is 1. The fraction of sp³-hybridized carbons (Fsp3) is 0.235. The zero-order chi connectivity index (χ0) is 17.5. The van der Waals surface area contributed by atoms with Gasteiger partial charge < -0.3 is 14.9 Å². The lowest BCUT2D eigenvalue weighted by molar-refractivity contribution is -0.140. The summed E-state index contributed by atoms with van der Waals surface area (Å²) in [7, 11) is 0. The van der Waals surface area contributed by atoms with Gasteiger partial charge in [-0.05, 0) is 24.3 Å². The molecule has 1 aliphatic heterocycles. The van der Waals surface area contributed by atoms with E-state index in [9.17, 15) is 23.1 Å². The minimum atomic E-state index is -4.64. The van der Waals surface area contributed by atoms with E-state index in [4.69, 9.17) is 9.84 Å². The third kappa shape index (κ3) is 2.60. The summed E-state index contributed by atoms with van der Waals surface area (Å²) in [6.45, 7) is 0.0160. The summed E-state index contributed by atoms with van der Waals surface area (Å²) in [6.07, 6.45) is -4.76. The molecule has 2 N–H and O–H groups in total. The summed E-state index contributed by atoms with van der Waals surface area (Å²) >= 11 is 0. The van der Waals surface area contributed by atoms with E-state index in [1.165, 1.54) is 30.3 Å². The van der Waals surface area contributed by atoms with Gasteiger partial charge in [-0.15, -0.1) is 0 Å². The minimum absolute atomic E-state index is 0.0160. The zero-order valence-corrected chi connectivity index (χ0v) is 12.3. The van der Waals surface area contributed by atoms with Crippen LogP contribution in [0.2, 0.25) is 0 Å². The van der Waals surface area contributed by atoms with Crippen molar-refractivity contribution in [2.45, 2.75) is 18.2 Å². The Morgan fingerprint density at radius 3 is 2.50 bits per heavy atom. The van der Waals surface area contributed by atoms with Crippen LogP contribution in [0, 0.1) is 0 Å². The number of aliphatic hydroxyl groups is 1. The van der Waals surface area contributed by atoms with Gasteiger partial charge in [0.2, 0.25) is 0 Å². The molecule has 1 atom stereocenters. The lowest BCUT2D eigenvalue weighted by atomic mass is 9.79. The number of carboxylic acid groups (broad SMARTS) is 1. The maximum atomic E-state index is 13.3. The first kappa shape index (κ1) is 16.3. The van der Waals surface area contributed by atoms with E-state index >= 15 is 0 Å². The molecule has 0 amide bonds. The highest BCUT2D eigenvalue weighted by Crippen LogP contribution is 2.46. The van der Waals surface area contributed by atoms with Gasteiger partial charge in [0.15, 0.2) is 0 Å². The van der Waals surface area contributed by atoms with Crippen molar-refractivity contribution in [2.24, 2.45) is 0 Å². The molecular formula is C17H13F3O4. The maximum Gasteiger partial charge on any atom is 0.416 e. The highest BCUT2D eigenvalue weighted by Gasteiger charge is 2.44. The topological polar surface area (TPSA) is 66.8 Å². The number of halogens is 3. The molecule has 0 aliphatic carbocycles. The van der Waals surface area contributed by atoms with E-state index in [0.717, 1.165) is 12.1 Å². The lowest BCUT2D eigenvalue weighted by Crippen LogP contribution is -2.36. The molecule has 4 nitrogen and oxygen atoms in total. The monoisotopic (exact) mass is 338 g/mol. The van der Waals surface area contributed by atoms with Crippen molar-refractivity contribution < 1.29 is 32.9 Å². The molecule has 0 saturated carbocycles. The van der Waals surface area contributed by atoms with Crippen LogP contribution in [0.15, 0.2) is 42.5 Å². The van der Waals surface area contributed by atoms with E-state index in [2.05, 4.69) is 0 Å². The quantitative estimate of drug-likeness (QED) is 0.880. The molecule has 0 saturated heterocycles. The maximum absolute atomic E-state index is 13.3. The summed E-state index contributed by atoms with van der Waals surface area (Å²) in [4.78, 5) is 11.2. The van der Waals surface area contributed by atoms with Crippen LogP contribution in [0.4, 0.5) is 13.2 Å². The number of benzene rings is 2. The van der Waals surface area contributed by atoms with Gasteiger partial charge in [0.05, 0.1) is 17.7 Å². The molecule has 1 unspecified atom stereocenters. The average Bonchev–Trinajstić information content (AvgIpc) is 2.54. The molecule has 0 bridgehead atoms. The van der Waals surface area contributed by atoms with E-state index in [1.54, 1.807) is 0 Å². The van der Waals surface area contributed by atoms with Crippen molar-refractivity contribution in [3.63, 3.8) is 0 Å². The largest absolute Gasteiger partial charge is 0.493 e. The second kappa shape index (κ2) is 5.52. The molecule has 0 fully saturated rings. The van der Waals surface area contributed by atoms with Gasteiger partial charge in [0, 0.05) is 17.5 Å². The van der Waals surface area contributed by atoms with E-state index in [-0.39, 0.29) is 35.5 Å². The molecule has 1 heterocycles. The third-order valence-corrected chi connectivity index (χ3v) is 4.07. The zero-order valence-electron chi connectivity index (χ0n) is 12.3. The number of hydrogen-bond acceptors (Lipinski definition) is 3. The standard InChI is InChI=1S/C17H13F3O4/c18-17(19,20)12-4-2-1-3-11(12)16(23)7-8-24-14-6-5-10(15(21)22)9-13(14)16/h1-6,9,23H,7-8H2,(H,21,22). The summed E-state index contributed by atoms with van der Waals surface area (Å²) < 4.78 is 45.3. The van der Waals surface area contributed by atoms with Crippen LogP contribution in [0.3, 0.4) is 0 Å². The van der Waals surface area contributed by atoms with Crippen LogP contribution in [-0.4, -0.2) is 22.8 Å². The molecule has 126 valence electrons. The van der Waals surface area contributed by atoms with Crippen molar-refractivity contribution >= 4 is 5.97 Å². The lowest BCUT2D eigenvalue weighted by Gasteiger charge is -2.36. The Labute approximate surface area is 135 Å². The van der Waals surface area contributed by atoms with Crippen LogP contribution in [0.1, 0.15) is 33.5 Å². The van der Waals surface area contributed by atoms with Gasteiger partial charge in [-0.3, -0.25) is 0 Å². The number of ether oxygens (including phenoxy) is 1. The van der Waals surface area contributed by atoms with Gasteiger partial charge in [0.1, 0.15) is 11.4 Å². The van der Waals surface area contributed by atoms with E-state index < -0.39 is 23.3 Å². The summed E-state index contributed by atoms with van der Waals surface area (Å²) in [6, 6.07) is 8.52. The summed E-state index contributed by atoms with van der Waals surface area (Å²) in [5.41, 5.74) is -3.37. The Kier molecular flexibility index (Phi) is 3.76. The smallest absolute Gasteiger partial charge is 0.416 e. The third-order valence-electron chi connectivity index (χ3n) is 4.07. The number of rotatable bonds is 2. The first-order chi connectivity index (χ1) is 11.2. The van der Waals surface area contributed by atoms with E-state index in [1.807, 2.05) is 0 Å². The number of carbonyl (C=O) groups is 1. The van der Waals surface area contributed by atoms with Crippen molar-refractivity contribution in [3.05, 3.63) is 64.7 Å². The Bertz CT molecular complexity index is 801. The fourth-order valence-electron chi connectivity index (χ4n) is 2.93. The van der Waals surface area contributed by atoms with Gasteiger partial charge in [-0.2, -0.15) is 13.2 Å². The predicted molar refractivity (Wildman–Crippen MR) is 78.0 cm³/mol. The number of alkyl halides is 3. The molecule has 0 spiro atoms.